The number of nitrogens with zero attached hydrogens (tertiary/aromatic N) is 1. The number of likely N-dealkylation sites (tertiary alicyclic amines) is 1. The Kier molecular flexibility index (Phi) is 5.92. The zero-order chi connectivity index (χ0) is 13.4. The van der Waals surface area contributed by atoms with Gasteiger partial charge in [-0.15, -0.1) is 0 Å². The Morgan fingerprint density at radius 3 is 2.44 bits per heavy atom. The summed E-state index contributed by atoms with van der Waals surface area (Å²) in [6, 6.07) is -0.735. The van der Waals surface area contributed by atoms with Crippen LogP contribution in [0.2, 0.25) is 0 Å². The maximum absolute atomic E-state index is 11.6. The van der Waals surface area contributed by atoms with Gasteiger partial charge in [-0.1, -0.05) is 0 Å². The van der Waals surface area contributed by atoms with Crippen molar-refractivity contribution < 1.29 is 24.3 Å². The van der Waals surface area contributed by atoms with Crippen LogP contribution in [0.25, 0.3) is 0 Å². The van der Waals surface area contributed by atoms with Crippen LogP contribution in [0.5, 0.6) is 0 Å². The minimum Gasteiger partial charge on any atom is -0.479 e. The summed E-state index contributed by atoms with van der Waals surface area (Å²) in [6.07, 6.45) is 3.10. The summed E-state index contributed by atoms with van der Waals surface area (Å²) in [5, 5.41) is 10.6. The van der Waals surface area contributed by atoms with Crippen molar-refractivity contribution in [1.82, 2.24) is 15.7 Å². The lowest BCUT2D eigenvalue weighted by atomic mass is 10.1. The molecule has 1 saturated heterocycles. The molecule has 1 fully saturated rings. The summed E-state index contributed by atoms with van der Waals surface area (Å²) in [4.78, 5) is 38.9. The summed E-state index contributed by atoms with van der Waals surface area (Å²) >= 11 is 0. The number of amides is 3. The number of carbonyl (C=O) groups excluding carboxylic acids is 2. The molecule has 3 N–H and O–H groups in total. The molecular weight excluding hydrogens is 242 g/mol. The lowest BCUT2D eigenvalue weighted by Crippen LogP contribution is -2.45. The maximum Gasteiger partial charge on any atom is 0.339 e. The zero-order valence-corrected chi connectivity index (χ0v) is 9.98. The SMILES string of the molecule is O=C(O)CONC(=O)NCC(=O)N1CCCCC1. The molecule has 1 aliphatic rings. The van der Waals surface area contributed by atoms with Gasteiger partial charge in [0.05, 0.1) is 6.54 Å². The van der Waals surface area contributed by atoms with E-state index in [4.69, 9.17) is 5.11 Å². The third-order valence-corrected chi connectivity index (χ3v) is 2.47. The summed E-state index contributed by atoms with van der Waals surface area (Å²) in [5.41, 5.74) is 1.87. The van der Waals surface area contributed by atoms with Crippen molar-refractivity contribution in [2.45, 2.75) is 19.3 Å². The van der Waals surface area contributed by atoms with E-state index in [2.05, 4.69) is 10.2 Å². The lowest BCUT2D eigenvalue weighted by Gasteiger charge is -2.26. The normalized spacial score (nSPS) is 15.0. The molecule has 102 valence electrons. The van der Waals surface area contributed by atoms with Crippen LogP contribution in [-0.4, -0.2) is 54.2 Å². The van der Waals surface area contributed by atoms with Gasteiger partial charge >= 0.3 is 12.0 Å². The molecule has 18 heavy (non-hydrogen) atoms. The van der Waals surface area contributed by atoms with Gasteiger partial charge in [-0.2, -0.15) is 0 Å². The van der Waals surface area contributed by atoms with Crippen LogP contribution in [0.4, 0.5) is 4.79 Å². The van der Waals surface area contributed by atoms with E-state index in [1.807, 2.05) is 5.48 Å². The number of hydroxylamine groups is 1. The number of hydrogen-bond donors (Lipinski definition) is 3. The number of carboxylic acids is 1. The second kappa shape index (κ2) is 7.49. The average molecular weight is 259 g/mol. The Bertz CT molecular complexity index is 315. The molecular formula is C10H17N3O5. The van der Waals surface area contributed by atoms with Gasteiger partial charge in [0.2, 0.25) is 5.91 Å². The van der Waals surface area contributed by atoms with Crippen molar-refractivity contribution in [3.63, 3.8) is 0 Å². The van der Waals surface area contributed by atoms with E-state index >= 15 is 0 Å². The quantitative estimate of drug-likeness (QED) is 0.567. The number of piperidine rings is 1. The molecule has 0 saturated carbocycles. The smallest absolute Gasteiger partial charge is 0.339 e. The third kappa shape index (κ3) is 5.48. The molecule has 1 heterocycles. The molecule has 3 amide bonds. The largest absolute Gasteiger partial charge is 0.479 e. The molecule has 0 radical (unpaired) electrons. The van der Waals surface area contributed by atoms with E-state index in [1.54, 1.807) is 4.90 Å². The standard InChI is InChI=1S/C10H17N3O5/c14-8(13-4-2-1-3-5-13)6-11-10(17)12-18-7-9(15)16/h1-7H2,(H,15,16)(H2,11,12,17). The predicted octanol–water partition coefficient (Wildman–Crippen LogP) is -0.686. The summed E-state index contributed by atoms with van der Waals surface area (Å²) < 4.78 is 0. The van der Waals surface area contributed by atoms with Crippen LogP contribution < -0.4 is 10.8 Å². The van der Waals surface area contributed by atoms with Crippen LogP contribution in [-0.2, 0) is 14.4 Å². The van der Waals surface area contributed by atoms with Gasteiger partial charge in [0.15, 0.2) is 6.61 Å². The molecule has 0 unspecified atom stereocenters. The molecule has 1 aliphatic heterocycles. The monoisotopic (exact) mass is 259 g/mol. The molecule has 0 aliphatic carbocycles. The Balaban J connectivity index is 2.13. The van der Waals surface area contributed by atoms with Gasteiger partial charge in [0.25, 0.3) is 0 Å². The Labute approximate surface area is 104 Å². The summed E-state index contributed by atoms with van der Waals surface area (Å²) in [5.74, 6) is -1.34. The number of carboxylic acid groups (broad SMARTS) is 1. The summed E-state index contributed by atoms with van der Waals surface area (Å²) in [6.45, 7) is 0.686. The van der Waals surface area contributed by atoms with Crippen LogP contribution in [0.3, 0.4) is 0 Å². The van der Waals surface area contributed by atoms with Gasteiger partial charge in [0, 0.05) is 13.1 Å². The van der Waals surface area contributed by atoms with E-state index in [-0.39, 0.29) is 12.5 Å². The number of aliphatic carboxylic acids is 1. The van der Waals surface area contributed by atoms with Gasteiger partial charge in [-0.05, 0) is 19.3 Å². The average Bonchev–Trinajstić information content (AvgIpc) is 2.36. The van der Waals surface area contributed by atoms with Gasteiger partial charge < -0.3 is 15.3 Å². The number of rotatable bonds is 5. The zero-order valence-electron chi connectivity index (χ0n) is 9.98. The second-order valence-corrected chi connectivity index (χ2v) is 3.91. The highest BCUT2D eigenvalue weighted by Gasteiger charge is 2.16. The molecule has 0 aromatic rings. The Morgan fingerprint density at radius 2 is 1.83 bits per heavy atom. The maximum atomic E-state index is 11.6. The highest BCUT2D eigenvalue weighted by Crippen LogP contribution is 2.07. The second-order valence-electron chi connectivity index (χ2n) is 3.91. The fraction of sp³-hybridized carbons (Fsp3) is 0.700. The minimum absolute atomic E-state index is 0.123. The van der Waals surface area contributed by atoms with E-state index < -0.39 is 18.6 Å². The predicted molar refractivity (Wildman–Crippen MR) is 60.6 cm³/mol. The Hall–Kier alpha value is -1.83. The first kappa shape index (κ1) is 14.2. The first-order valence-electron chi connectivity index (χ1n) is 5.75. The van der Waals surface area contributed by atoms with Crippen molar-refractivity contribution in [3.05, 3.63) is 0 Å². The molecule has 0 spiro atoms. The van der Waals surface area contributed by atoms with E-state index in [9.17, 15) is 14.4 Å². The summed E-state index contributed by atoms with van der Waals surface area (Å²) in [7, 11) is 0. The first-order valence-corrected chi connectivity index (χ1v) is 5.75. The fourth-order valence-corrected chi connectivity index (χ4v) is 1.61. The van der Waals surface area contributed by atoms with Crippen molar-refractivity contribution in [3.8, 4) is 0 Å². The van der Waals surface area contributed by atoms with Crippen LogP contribution >= 0.6 is 0 Å². The number of urea groups is 1. The van der Waals surface area contributed by atoms with Gasteiger partial charge in [-0.3, -0.25) is 9.63 Å². The topological polar surface area (TPSA) is 108 Å². The molecule has 0 aromatic heterocycles. The first-order chi connectivity index (χ1) is 8.59. The number of nitrogens with one attached hydrogen (secondary N) is 2. The molecule has 0 aromatic carbocycles. The third-order valence-electron chi connectivity index (χ3n) is 2.47. The minimum atomic E-state index is -1.19. The van der Waals surface area contributed by atoms with Crippen molar-refractivity contribution in [2.75, 3.05) is 26.2 Å². The fourth-order valence-electron chi connectivity index (χ4n) is 1.61. The van der Waals surface area contributed by atoms with E-state index in [0.29, 0.717) is 0 Å². The van der Waals surface area contributed by atoms with Gasteiger partial charge in [-0.25, -0.2) is 15.1 Å². The van der Waals surface area contributed by atoms with Crippen molar-refractivity contribution in [2.24, 2.45) is 0 Å². The molecule has 0 atom stereocenters. The van der Waals surface area contributed by atoms with Crippen molar-refractivity contribution in [1.29, 1.82) is 0 Å². The van der Waals surface area contributed by atoms with Crippen LogP contribution in [0.1, 0.15) is 19.3 Å². The molecule has 8 heteroatoms. The van der Waals surface area contributed by atoms with Gasteiger partial charge in [0.1, 0.15) is 0 Å². The molecule has 1 rings (SSSR count). The van der Waals surface area contributed by atoms with E-state index in [0.717, 1.165) is 32.4 Å². The van der Waals surface area contributed by atoms with Crippen LogP contribution in [0.15, 0.2) is 0 Å². The van der Waals surface area contributed by atoms with Crippen molar-refractivity contribution >= 4 is 17.9 Å². The molecule has 0 bridgehead atoms. The lowest BCUT2D eigenvalue weighted by molar-refractivity contribution is -0.144. The Morgan fingerprint density at radius 1 is 1.17 bits per heavy atom. The number of carbonyl (C=O) groups is 3. The number of hydrogen-bond acceptors (Lipinski definition) is 4. The highest BCUT2D eigenvalue weighted by atomic mass is 16.7. The highest BCUT2D eigenvalue weighted by molar-refractivity contribution is 5.83. The molecule has 8 nitrogen and oxygen atoms in total. The van der Waals surface area contributed by atoms with E-state index in [1.165, 1.54) is 0 Å². The van der Waals surface area contributed by atoms with Crippen LogP contribution in [0, 0.1) is 0 Å².